The first-order chi connectivity index (χ1) is 9.90. The number of nitrogen functional groups attached to an aromatic ring is 1. The standard InChI is InChI=1S/C12H16ClN5O2S/c1-9-7-10(13)12(8-11(9)14)21(19,20)16-3-2-5-18-6-4-15-17-18/h4,6-8,16H,2-3,5,14H2,1H3. The van der Waals surface area contributed by atoms with Gasteiger partial charge in [0.25, 0.3) is 0 Å². The lowest BCUT2D eigenvalue weighted by atomic mass is 10.2. The molecule has 0 radical (unpaired) electrons. The van der Waals surface area contributed by atoms with Crippen LogP contribution in [0.25, 0.3) is 0 Å². The van der Waals surface area contributed by atoms with E-state index in [1.54, 1.807) is 30.1 Å². The molecule has 0 spiro atoms. The third-order valence-corrected chi connectivity index (χ3v) is 4.86. The zero-order valence-electron chi connectivity index (χ0n) is 11.5. The van der Waals surface area contributed by atoms with Crippen molar-refractivity contribution in [1.29, 1.82) is 0 Å². The predicted octanol–water partition coefficient (Wildman–Crippen LogP) is 1.19. The maximum Gasteiger partial charge on any atom is 0.242 e. The number of nitrogens with two attached hydrogens (primary N) is 1. The van der Waals surface area contributed by atoms with Crippen molar-refractivity contribution >= 4 is 27.3 Å². The minimum Gasteiger partial charge on any atom is -0.398 e. The van der Waals surface area contributed by atoms with Crippen molar-refractivity contribution in [2.75, 3.05) is 12.3 Å². The van der Waals surface area contributed by atoms with Gasteiger partial charge >= 0.3 is 0 Å². The average molecular weight is 330 g/mol. The van der Waals surface area contributed by atoms with Gasteiger partial charge in [0, 0.05) is 25.0 Å². The van der Waals surface area contributed by atoms with Gasteiger partial charge in [-0.3, -0.25) is 4.68 Å². The summed E-state index contributed by atoms with van der Waals surface area (Å²) in [4.78, 5) is -0.00646. The molecule has 0 fully saturated rings. The number of aryl methyl sites for hydroxylation is 2. The quantitative estimate of drug-likeness (QED) is 0.612. The first kappa shape index (κ1) is 15.7. The van der Waals surface area contributed by atoms with Crippen molar-refractivity contribution in [1.82, 2.24) is 19.7 Å². The number of hydrogen-bond acceptors (Lipinski definition) is 5. The van der Waals surface area contributed by atoms with Crippen molar-refractivity contribution in [3.05, 3.63) is 35.1 Å². The van der Waals surface area contributed by atoms with Crippen LogP contribution in [0.5, 0.6) is 0 Å². The molecule has 0 aliphatic carbocycles. The largest absolute Gasteiger partial charge is 0.398 e. The second kappa shape index (κ2) is 6.42. The number of nitrogens with zero attached hydrogens (tertiary/aromatic N) is 3. The Hall–Kier alpha value is -1.64. The number of rotatable bonds is 6. The SMILES string of the molecule is Cc1cc(Cl)c(S(=O)(=O)NCCCn2ccnn2)cc1N. The van der Waals surface area contributed by atoms with Crippen LogP contribution in [-0.2, 0) is 16.6 Å². The van der Waals surface area contributed by atoms with E-state index in [0.29, 0.717) is 18.7 Å². The molecule has 0 aliphatic rings. The predicted molar refractivity (Wildman–Crippen MR) is 80.4 cm³/mol. The minimum atomic E-state index is -3.68. The molecule has 0 atom stereocenters. The minimum absolute atomic E-state index is 0.00646. The van der Waals surface area contributed by atoms with E-state index in [1.165, 1.54) is 6.07 Å². The van der Waals surface area contributed by atoms with Crippen molar-refractivity contribution in [3.8, 4) is 0 Å². The van der Waals surface area contributed by atoms with Crippen LogP contribution in [0, 0.1) is 6.92 Å². The zero-order valence-corrected chi connectivity index (χ0v) is 13.0. The third kappa shape index (κ3) is 3.93. The van der Waals surface area contributed by atoms with E-state index in [9.17, 15) is 8.42 Å². The first-order valence-corrected chi connectivity index (χ1v) is 8.15. The molecule has 2 rings (SSSR count). The number of anilines is 1. The van der Waals surface area contributed by atoms with E-state index >= 15 is 0 Å². The molecule has 0 bridgehead atoms. The normalized spacial score (nSPS) is 11.7. The fourth-order valence-electron chi connectivity index (χ4n) is 1.75. The molecule has 1 aromatic carbocycles. The number of nitrogens with one attached hydrogen (secondary N) is 1. The van der Waals surface area contributed by atoms with Crippen LogP contribution in [0.4, 0.5) is 5.69 Å². The molecule has 0 aliphatic heterocycles. The van der Waals surface area contributed by atoms with E-state index in [4.69, 9.17) is 17.3 Å². The first-order valence-electron chi connectivity index (χ1n) is 6.29. The smallest absolute Gasteiger partial charge is 0.242 e. The Morgan fingerprint density at radius 3 is 2.86 bits per heavy atom. The molecule has 0 amide bonds. The molecule has 7 nitrogen and oxygen atoms in total. The maximum absolute atomic E-state index is 12.2. The lowest BCUT2D eigenvalue weighted by Crippen LogP contribution is -2.26. The van der Waals surface area contributed by atoms with Gasteiger partial charge in [-0.2, -0.15) is 0 Å². The average Bonchev–Trinajstić information content (AvgIpc) is 2.92. The monoisotopic (exact) mass is 329 g/mol. The summed E-state index contributed by atoms with van der Waals surface area (Å²) >= 11 is 5.98. The molecule has 114 valence electrons. The highest BCUT2D eigenvalue weighted by atomic mass is 35.5. The van der Waals surface area contributed by atoms with Gasteiger partial charge in [0.15, 0.2) is 0 Å². The Labute approximate surface area is 128 Å². The van der Waals surface area contributed by atoms with Crippen molar-refractivity contribution in [2.24, 2.45) is 0 Å². The number of halogens is 1. The summed E-state index contributed by atoms with van der Waals surface area (Å²) in [6.45, 7) is 2.61. The molecule has 2 aromatic rings. The van der Waals surface area contributed by atoms with Crippen LogP contribution in [-0.4, -0.2) is 30.0 Å². The van der Waals surface area contributed by atoms with Crippen molar-refractivity contribution in [2.45, 2.75) is 24.8 Å². The fraction of sp³-hybridized carbons (Fsp3) is 0.333. The van der Waals surface area contributed by atoms with E-state index in [1.807, 2.05) is 0 Å². The molecule has 0 saturated heterocycles. The van der Waals surface area contributed by atoms with Gasteiger partial charge in [0.2, 0.25) is 10.0 Å². The molecule has 1 aromatic heterocycles. The van der Waals surface area contributed by atoms with Crippen LogP contribution in [0.2, 0.25) is 5.02 Å². The Balaban J connectivity index is 2.00. The van der Waals surface area contributed by atoms with Crippen LogP contribution in [0.15, 0.2) is 29.4 Å². The van der Waals surface area contributed by atoms with E-state index in [2.05, 4.69) is 15.0 Å². The number of sulfonamides is 1. The second-order valence-electron chi connectivity index (χ2n) is 4.56. The Kier molecular flexibility index (Phi) is 4.81. The van der Waals surface area contributed by atoms with E-state index in [-0.39, 0.29) is 16.5 Å². The van der Waals surface area contributed by atoms with Gasteiger partial charge in [-0.05, 0) is 31.0 Å². The Morgan fingerprint density at radius 1 is 1.43 bits per heavy atom. The summed E-state index contributed by atoms with van der Waals surface area (Å²) in [6, 6.07) is 2.91. The fourth-order valence-corrected chi connectivity index (χ4v) is 3.44. The van der Waals surface area contributed by atoms with Crippen LogP contribution in [0.1, 0.15) is 12.0 Å². The molecular formula is C12H16ClN5O2S. The van der Waals surface area contributed by atoms with Crippen LogP contribution < -0.4 is 10.5 Å². The van der Waals surface area contributed by atoms with Gasteiger partial charge in [0.05, 0.1) is 11.2 Å². The molecule has 1 heterocycles. The summed E-state index contributed by atoms with van der Waals surface area (Å²) in [6.07, 6.45) is 3.87. The molecule has 9 heteroatoms. The molecule has 3 N–H and O–H groups in total. The lowest BCUT2D eigenvalue weighted by Gasteiger charge is -2.10. The van der Waals surface area contributed by atoms with Gasteiger partial charge in [-0.15, -0.1) is 5.10 Å². The molecule has 0 saturated carbocycles. The molecular weight excluding hydrogens is 314 g/mol. The van der Waals surface area contributed by atoms with Gasteiger partial charge < -0.3 is 5.73 Å². The molecule has 21 heavy (non-hydrogen) atoms. The van der Waals surface area contributed by atoms with E-state index < -0.39 is 10.0 Å². The Bertz CT molecular complexity index is 715. The number of aromatic nitrogens is 3. The summed E-state index contributed by atoms with van der Waals surface area (Å²) < 4.78 is 28.5. The highest BCUT2D eigenvalue weighted by molar-refractivity contribution is 7.89. The summed E-state index contributed by atoms with van der Waals surface area (Å²) in [5.74, 6) is 0. The highest BCUT2D eigenvalue weighted by Gasteiger charge is 2.18. The molecule has 0 unspecified atom stereocenters. The summed E-state index contributed by atoms with van der Waals surface area (Å²) in [7, 11) is -3.68. The van der Waals surface area contributed by atoms with Crippen molar-refractivity contribution < 1.29 is 8.42 Å². The second-order valence-corrected chi connectivity index (χ2v) is 6.70. The van der Waals surface area contributed by atoms with Gasteiger partial charge in [-0.25, -0.2) is 13.1 Å². The number of benzene rings is 1. The lowest BCUT2D eigenvalue weighted by molar-refractivity contribution is 0.542. The summed E-state index contributed by atoms with van der Waals surface area (Å²) in [5.41, 5.74) is 6.87. The summed E-state index contributed by atoms with van der Waals surface area (Å²) in [5, 5.41) is 7.62. The van der Waals surface area contributed by atoms with Crippen LogP contribution >= 0.6 is 11.6 Å². The maximum atomic E-state index is 12.2. The van der Waals surface area contributed by atoms with Crippen molar-refractivity contribution in [3.63, 3.8) is 0 Å². The van der Waals surface area contributed by atoms with E-state index in [0.717, 1.165) is 5.56 Å². The third-order valence-electron chi connectivity index (χ3n) is 2.94. The van der Waals surface area contributed by atoms with Gasteiger partial charge in [-0.1, -0.05) is 16.8 Å². The topological polar surface area (TPSA) is 103 Å². The Morgan fingerprint density at radius 2 is 2.19 bits per heavy atom. The highest BCUT2D eigenvalue weighted by Crippen LogP contribution is 2.26. The zero-order chi connectivity index (χ0) is 15.5. The van der Waals surface area contributed by atoms with Crippen LogP contribution in [0.3, 0.4) is 0 Å². The number of hydrogen-bond donors (Lipinski definition) is 2. The van der Waals surface area contributed by atoms with Gasteiger partial charge in [0.1, 0.15) is 4.90 Å².